The van der Waals surface area contributed by atoms with Gasteiger partial charge in [-0.2, -0.15) is 4.68 Å². The van der Waals surface area contributed by atoms with Crippen molar-refractivity contribution in [2.45, 2.75) is 18.9 Å². The SMILES string of the molecule is O=C1C=C(N2C=CC3(CCN(CC(O)c4cnc(-n5cnnn5)cn4)CC3)C2=O)CO1. The Morgan fingerprint density at radius 3 is 2.68 bits per heavy atom. The highest BCUT2D eigenvalue weighted by Crippen LogP contribution is 2.41. The lowest BCUT2D eigenvalue weighted by molar-refractivity contribution is -0.137. The number of aliphatic hydroxyl groups excluding tert-OH is 1. The first-order valence-electron chi connectivity index (χ1n) is 9.90. The van der Waals surface area contributed by atoms with Crippen molar-refractivity contribution in [3.8, 4) is 5.82 Å². The molecule has 12 heteroatoms. The lowest BCUT2D eigenvalue weighted by atomic mass is 9.78. The van der Waals surface area contributed by atoms with Crippen molar-refractivity contribution in [2.75, 3.05) is 26.2 Å². The van der Waals surface area contributed by atoms with E-state index in [9.17, 15) is 14.7 Å². The summed E-state index contributed by atoms with van der Waals surface area (Å²) < 4.78 is 6.30. The second-order valence-corrected chi connectivity index (χ2v) is 7.76. The van der Waals surface area contributed by atoms with E-state index in [1.54, 1.807) is 6.20 Å². The lowest BCUT2D eigenvalue weighted by Crippen LogP contribution is -2.46. The molecule has 12 nitrogen and oxygen atoms in total. The van der Waals surface area contributed by atoms with Crippen molar-refractivity contribution in [2.24, 2.45) is 5.41 Å². The van der Waals surface area contributed by atoms with E-state index in [1.807, 2.05) is 6.08 Å². The number of hydrogen-bond donors (Lipinski definition) is 1. The molecule has 0 bridgehead atoms. The van der Waals surface area contributed by atoms with Crippen LogP contribution in [0.3, 0.4) is 0 Å². The minimum absolute atomic E-state index is 0.0266. The first kappa shape index (κ1) is 19.5. The fourth-order valence-electron chi connectivity index (χ4n) is 4.07. The molecule has 0 saturated carbocycles. The molecule has 160 valence electrons. The van der Waals surface area contributed by atoms with Gasteiger partial charge in [-0.1, -0.05) is 6.08 Å². The van der Waals surface area contributed by atoms with Crippen LogP contribution in [0.25, 0.3) is 5.82 Å². The van der Waals surface area contributed by atoms with E-state index in [0.29, 0.717) is 49.7 Å². The summed E-state index contributed by atoms with van der Waals surface area (Å²) in [6.45, 7) is 1.83. The molecular formula is C19H20N8O4. The van der Waals surface area contributed by atoms with Crippen molar-refractivity contribution in [1.29, 1.82) is 0 Å². The van der Waals surface area contributed by atoms with Crippen molar-refractivity contribution in [1.82, 2.24) is 40.0 Å². The fraction of sp³-hybridized carbons (Fsp3) is 0.421. The Kier molecular flexibility index (Phi) is 4.79. The van der Waals surface area contributed by atoms with E-state index in [-0.39, 0.29) is 12.5 Å². The molecule has 3 aliphatic heterocycles. The van der Waals surface area contributed by atoms with Crippen molar-refractivity contribution in [3.05, 3.63) is 48.5 Å². The lowest BCUT2D eigenvalue weighted by Gasteiger charge is -2.38. The Morgan fingerprint density at radius 2 is 2.03 bits per heavy atom. The Bertz CT molecular complexity index is 1040. The molecule has 5 heterocycles. The van der Waals surface area contributed by atoms with Gasteiger partial charge in [0.1, 0.15) is 19.0 Å². The van der Waals surface area contributed by atoms with Crippen LogP contribution in [0.4, 0.5) is 0 Å². The van der Waals surface area contributed by atoms with E-state index in [2.05, 4.69) is 30.4 Å². The van der Waals surface area contributed by atoms with Crippen LogP contribution in [0.2, 0.25) is 0 Å². The molecule has 2 aromatic rings. The van der Waals surface area contributed by atoms with Crippen LogP contribution in [0.15, 0.2) is 42.8 Å². The number of β-amino-alcohol motifs (C(OH)–C–C–N with tert-alkyl or cyclic N) is 1. The van der Waals surface area contributed by atoms with Crippen molar-refractivity contribution >= 4 is 11.9 Å². The van der Waals surface area contributed by atoms with Crippen LogP contribution in [0.5, 0.6) is 0 Å². The summed E-state index contributed by atoms with van der Waals surface area (Å²) in [5.74, 6) is 0.0118. The molecular weight excluding hydrogens is 404 g/mol. The van der Waals surface area contributed by atoms with Gasteiger partial charge in [0.25, 0.3) is 0 Å². The van der Waals surface area contributed by atoms with E-state index in [4.69, 9.17) is 4.74 Å². The standard InChI is InChI=1S/C19H20N8O4/c28-15(14-8-21-16(9-20-14)27-12-22-23-24-27)10-25-4-1-19(2-5-25)3-6-26(18(19)30)13-7-17(29)31-11-13/h3,6-9,12,15,28H,1-2,4-5,10-11H2. The second-order valence-electron chi connectivity index (χ2n) is 7.76. The van der Waals surface area contributed by atoms with Gasteiger partial charge in [0.05, 0.1) is 29.2 Å². The molecule has 1 amide bonds. The molecule has 1 atom stereocenters. The number of piperidine rings is 1. The van der Waals surface area contributed by atoms with Gasteiger partial charge in [0.2, 0.25) is 5.91 Å². The van der Waals surface area contributed by atoms with E-state index in [1.165, 1.54) is 34.4 Å². The third kappa shape index (κ3) is 3.59. The number of esters is 1. The topological polar surface area (TPSA) is 139 Å². The maximum atomic E-state index is 13.0. The molecule has 31 heavy (non-hydrogen) atoms. The average Bonchev–Trinajstić information content (AvgIpc) is 3.53. The van der Waals surface area contributed by atoms with Gasteiger partial charge in [-0.05, 0) is 36.4 Å². The second kappa shape index (κ2) is 7.63. The van der Waals surface area contributed by atoms with Crippen molar-refractivity contribution in [3.63, 3.8) is 0 Å². The number of aliphatic hydroxyl groups is 1. The number of likely N-dealkylation sites (tertiary alicyclic amines) is 1. The molecule has 1 saturated heterocycles. The number of ether oxygens (including phenoxy) is 1. The minimum atomic E-state index is -0.803. The summed E-state index contributed by atoms with van der Waals surface area (Å²) in [6, 6.07) is 0. The van der Waals surface area contributed by atoms with Gasteiger partial charge in [0, 0.05) is 18.8 Å². The third-order valence-electron chi connectivity index (χ3n) is 5.91. The monoisotopic (exact) mass is 424 g/mol. The predicted octanol–water partition coefficient (Wildman–Crippen LogP) is -0.635. The van der Waals surface area contributed by atoms with Gasteiger partial charge in [-0.3, -0.25) is 14.7 Å². The average molecular weight is 424 g/mol. The van der Waals surface area contributed by atoms with Gasteiger partial charge >= 0.3 is 5.97 Å². The first-order valence-corrected chi connectivity index (χ1v) is 9.90. The Hall–Kier alpha value is -3.51. The molecule has 2 aromatic heterocycles. The summed E-state index contributed by atoms with van der Waals surface area (Å²) in [5, 5.41) is 21.4. The van der Waals surface area contributed by atoms with E-state index in [0.717, 1.165) is 0 Å². The normalized spacial score (nSPS) is 21.6. The number of tetrazole rings is 1. The Morgan fingerprint density at radius 1 is 1.19 bits per heavy atom. The van der Waals surface area contributed by atoms with E-state index < -0.39 is 17.5 Å². The number of nitrogens with zero attached hydrogens (tertiary/aromatic N) is 8. The molecule has 1 N–H and O–H groups in total. The highest BCUT2D eigenvalue weighted by Gasteiger charge is 2.46. The zero-order valence-corrected chi connectivity index (χ0v) is 16.5. The number of aromatic nitrogens is 6. The number of amides is 1. The quantitative estimate of drug-likeness (QED) is 0.617. The van der Waals surface area contributed by atoms with Gasteiger partial charge in [-0.15, -0.1) is 5.10 Å². The highest BCUT2D eigenvalue weighted by atomic mass is 16.5. The van der Waals surface area contributed by atoms with Crippen LogP contribution >= 0.6 is 0 Å². The molecule has 0 radical (unpaired) electrons. The number of carbonyl (C=O) groups is 2. The number of carbonyl (C=O) groups excluding carboxylic acids is 2. The summed E-state index contributed by atoms with van der Waals surface area (Å²) in [4.78, 5) is 36.5. The first-order chi connectivity index (χ1) is 15.0. The van der Waals surface area contributed by atoms with Gasteiger partial charge < -0.3 is 14.7 Å². The van der Waals surface area contributed by atoms with Crippen LogP contribution in [0, 0.1) is 5.41 Å². The fourth-order valence-corrected chi connectivity index (χ4v) is 4.07. The maximum Gasteiger partial charge on any atom is 0.333 e. The smallest absolute Gasteiger partial charge is 0.333 e. The predicted molar refractivity (Wildman–Crippen MR) is 103 cm³/mol. The Balaban J connectivity index is 1.18. The molecule has 0 aromatic carbocycles. The Labute approximate surface area is 176 Å². The van der Waals surface area contributed by atoms with Crippen LogP contribution in [0.1, 0.15) is 24.6 Å². The van der Waals surface area contributed by atoms with E-state index >= 15 is 0 Å². The molecule has 0 aliphatic carbocycles. The summed E-state index contributed by atoms with van der Waals surface area (Å²) in [7, 11) is 0. The number of rotatable bonds is 5. The van der Waals surface area contributed by atoms with Crippen molar-refractivity contribution < 1.29 is 19.4 Å². The van der Waals surface area contributed by atoms with Crippen LogP contribution < -0.4 is 0 Å². The molecule has 3 aliphatic rings. The third-order valence-corrected chi connectivity index (χ3v) is 5.91. The van der Waals surface area contributed by atoms with Crippen LogP contribution in [-0.4, -0.2) is 83.2 Å². The molecule has 5 rings (SSSR count). The summed E-state index contributed by atoms with van der Waals surface area (Å²) >= 11 is 0. The largest absolute Gasteiger partial charge is 0.456 e. The van der Waals surface area contributed by atoms with Gasteiger partial charge in [0.15, 0.2) is 5.82 Å². The summed E-state index contributed by atoms with van der Waals surface area (Å²) in [5.41, 5.74) is 0.462. The summed E-state index contributed by atoms with van der Waals surface area (Å²) in [6.07, 6.45) is 9.92. The van der Waals surface area contributed by atoms with Gasteiger partial charge in [-0.25, -0.2) is 9.78 Å². The number of cyclic esters (lactones) is 1. The highest BCUT2D eigenvalue weighted by molar-refractivity contribution is 5.93. The molecule has 1 unspecified atom stereocenters. The zero-order valence-electron chi connectivity index (χ0n) is 16.5. The zero-order chi connectivity index (χ0) is 21.4. The minimum Gasteiger partial charge on any atom is -0.456 e. The maximum absolute atomic E-state index is 13.0. The molecule has 1 fully saturated rings. The van der Waals surface area contributed by atoms with Crippen LogP contribution in [-0.2, 0) is 14.3 Å². The molecule has 1 spiro atoms. The number of hydrogen-bond acceptors (Lipinski definition) is 10.